The maximum absolute atomic E-state index is 4.14. The van der Waals surface area contributed by atoms with Gasteiger partial charge in [0.1, 0.15) is 5.84 Å². The number of nitrogens with one attached hydrogen (secondary N) is 1. The van der Waals surface area contributed by atoms with Crippen LogP contribution in [0.1, 0.15) is 34.6 Å². The summed E-state index contributed by atoms with van der Waals surface area (Å²) in [6, 6.07) is 0. The smallest absolute Gasteiger partial charge is 0.132 e. The topological polar surface area (TPSA) is 24.4 Å². The van der Waals surface area contributed by atoms with Gasteiger partial charge in [-0.2, -0.15) is 0 Å². The van der Waals surface area contributed by atoms with Crippen LogP contribution in [0.3, 0.4) is 0 Å². The van der Waals surface area contributed by atoms with Gasteiger partial charge in [-0.05, 0) is 26.3 Å². The van der Waals surface area contributed by atoms with Crippen molar-refractivity contribution in [2.75, 3.05) is 7.05 Å². The minimum absolute atomic E-state index is 0.988. The predicted molar refractivity (Wildman–Crippen MR) is 60.0 cm³/mol. The summed E-state index contributed by atoms with van der Waals surface area (Å²) in [6.45, 7) is 10.3. The first-order chi connectivity index (χ1) is 6.16. The van der Waals surface area contributed by atoms with Crippen LogP contribution >= 0.6 is 0 Å². The van der Waals surface area contributed by atoms with E-state index in [0.717, 1.165) is 5.84 Å². The third-order valence-electron chi connectivity index (χ3n) is 1.78. The van der Waals surface area contributed by atoms with Crippen molar-refractivity contribution >= 4 is 5.84 Å². The molecule has 1 aliphatic rings. The summed E-state index contributed by atoms with van der Waals surface area (Å²) in [5, 5.41) is 3.12. The van der Waals surface area contributed by atoms with Gasteiger partial charge < -0.3 is 5.32 Å². The third kappa shape index (κ3) is 2.72. The molecule has 1 rings (SSSR count). The second kappa shape index (κ2) is 5.57. The Balaban J connectivity index is 0.000000671. The van der Waals surface area contributed by atoms with Crippen LogP contribution in [0.4, 0.5) is 0 Å². The van der Waals surface area contributed by atoms with Crippen LogP contribution in [0.15, 0.2) is 27.9 Å². The first-order valence-corrected chi connectivity index (χ1v) is 4.75. The van der Waals surface area contributed by atoms with Crippen molar-refractivity contribution in [3.8, 4) is 0 Å². The Bertz CT molecular complexity index is 251. The van der Waals surface area contributed by atoms with Crippen LogP contribution in [-0.2, 0) is 0 Å². The Hall–Kier alpha value is -1.05. The van der Waals surface area contributed by atoms with Gasteiger partial charge in [-0.1, -0.05) is 19.4 Å². The van der Waals surface area contributed by atoms with E-state index in [1.165, 1.54) is 16.7 Å². The molecule has 1 aliphatic heterocycles. The number of hydrogen-bond acceptors (Lipinski definition) is 1. The molecule has 0 spiro atoms. The fraction of sp³-hybridized carbons (Fsp3) is 0.545. The van der Waals surface area contributed by atoms with Crippen molar-refractivity contribution in [1.29, 1.82) is 0 Å². The highest BCUT2D eigenvalue weighted by Crippen LogP contribution is 2.18. The fourth-order valence-corrected chi connectivity index (χ4v) is 1.32. The molecule has 0 fully saturated rings. The first kappa shape index (κ1) is 11.9. The average Bonchev–Trinajstić information content (AvgIpc) is 2.50. The highest BCUT2D eigenvalue weighted by atomic mass is 15.0. The lowest BCUT2D eigenvalue weighted by Gasteiger charge is -2.03. The molecule has 0 atom stereocenters. The molecule has 13 heavy (non-hydrogen) atoms. The van der Waals surface area contributed by atoms with Gasteiger partial charge in [0.15, 0.2) is 0 Å². The molecule has 0 amide bonds. The standard InChI is InChI=1S/C9H14N2.C2H6/c1-6(2)8-7(3)5-11-9(8)10-4;1-2/h5H,1-4H3,(H,10,11);1-2H3. The lowest BCUT2D eigenvalue weighted by atomic mass is 10.1. The Morgan fingerprint density at radius 2 is 1.85 bits per heavy atom. The van der Waals surface area contributed by atoms with Crippen molar-refractivity contribution in [1.82, 2.24) is 5.32 Å². The van der Waals surface area contributed by atoms with E-state index in [9.17, 15) is 0 Å². The van der Waals surface area contributed by atoms with E-state index in [0.29, 0.717) is 0 Å². The van der Waals surface area contributed by atoms with Crippen molar-refractivity contribution < 1.29 is 0 Å². The van der Waals surface area contributed by atoms with E-state index in [2.05, 4.69) is 31.1 Å². The van der Waals surface area contributed by atoms with E-state index in [1.54, 1.807) is 7.05 Å². The number of amidine groups is 1. The number of hydrogen-bond donors (Lipinski definition) is 1. The van der Waals surface area contributed by atoms with Gasteiger partial charge in [0.2, 0.25) is 0 Å². The van der Waals surface area contributed by atoms with Gasteiger partial charge in [-0.3, -0.25) is 4.99 Å². The quantitative estimate of drug-likeness (QED) is 0.609. The van der Waals surface area contributed by atoms with Crippen molar-refractivity contribution in [3.05, 3.63) is 22.9 Å². The zero-order valence-electron chi connectivity index (χ0n) is 9.52. The summed E-state index contributed by atoms with van der Waals surface area (Å²) in [4.78, 5) is 4.14. The first-order valence-electron chi connectivity index (χ1n) is 4.75. The molecule has 0 aliphatic carbocycles. The molecule has 0 bridgehead atoms. The summed E-state index contributed by atoms with van der Waals surface area (Å²) < 4.78 is 0. The second-order valence-electron chi connectivity index (χ2n) is 2.92. The van der Waals surface area contributed by atoms with E-state index < -0.39 is 0 Å². The number of allylic oxidation sites excluding steroid dienone is 1. The van der Waals surface area contributed by atoms with E-state index >= 15 is 0 Å². The van der Waals surface area contributed by atoms with Crippen molar-refractivity contribution in [2.45, 2.75) is 34.6 Å². The molecule has 0 aromatic rings. The molecule has 1 heterocycles. The number of aliphatic imine (C=N–C) groups is 1. The molecule has 0 saturated carbocycles. The second-order valence-corrected chi connectivity index (χ2v) is 2.92. The Morgan fingerprint density at radius 1 is 1.31 bits per heavy atom. The molecule has 2 heteroatoms. The lowest BCUT2D eigenvalue weighted by molar-refractivity contribution is 1.25. The summed E-state index contributed by atoms with van der Waals surface area (Å²) in [5.74, 6) is 0.988. The molecule has 0 aromatic carbocycles. The van der Waals surface area contributed by atoms with E-state index in [4.69, 9.17) is 0 Å². The lowest BCUT2D eigenvalue weighted by Crippen LogP contribution is -2.13. The molecule has 0 saturated heterocycles. The number of nitrogens with zero attached hydrogens (tertiary/aromatic N) is 1. The minimum Gasteiger partial charge on any atom is -0.346 e. The van der Waals surface area contributed by atoms with Crippen molar-refractivity contribution in [2.24, 2.45) is 4.99 Å². The van der Waals surface area contributed by atoms with E-state index in [-0.39, 0.29) is 0 Å². The van der Waals surface area contributed by atoms with Gasteiger partial charge in [-0.15, -0.1) is 0 Å². The minimum atomic E-state index is 0.988. The molecule has 0 unspecified atom stereocenters. The van der Waals surface area contributed by atoms with Gasteiger partial charge in [0.25, 0.3) is 0 Å². The summed E-state index contributed by atoms with van der Waals surface area (Å²) in [7, 11) is 1.80. The Labute approximate surface area is 81.5 Å². The maximum atomic E-state index is 4.14. The van der Waals surface area contributed by atoms with Gasteiger partial charge >= 0.3 is 0 Å². The predicted octanol–water partition coefficient (Wildman–Crippen LogP) is 2.88. The summed E-state index contributed by atoms with van der Waals surface area (Å²) in [5.41, 5.74) is 3.84. The Morgan fingerprint density at radius 3 is 2.15 bits per heavy atom. The molecule has 0 aromatic heterocycles. The fourth-order valence-electron chi connectivity index (χ4n) is 1.32. The normalized spacial score (nSPS) is 17.5. The highest BCUT2D eigenvalue weighted by Gasteiger charge is 2.14. The third-order valence-corrected chi connectivity index (χ3v) is 1.78. The molecule has 0 radical (unpaired) electrons. The van der Waals surface area contributed by atoms with Crippen molar-refractivity contribution in [3.63, 3.8) is 0 Å². The monoisotopic (exact) mass is 180 g/mol. The highest BCUT2D eigenvalue weighted by molar-refractivity contribution is 6.05. The Kier molecular flexibility index (Phi) is 5.12. The van der Waals surface area contributed by atoms with Gasteiger partial charge in [0, 0.05) is 18.8 Å². The molecule has 74 valence electrons. The van der Waals surface area contributed by atoms with Gasteiger partial charge in [0.05, 0.1) is 0 Å². The summed E-state index contributed by atoms with van der Waals surface area (Å²) in [6.07, 6.45) is 1.99. The largest absolute Gasteiger partial charge is 0.346 e. The van der Waals surface area contributed by atoms with Crippen LogP contribution in [-0.4, -0.2) is 12.9 Å². The van der Waals surface area contributed by atoms with Crippen LogP contribution in [0.5, 0.6) is 0 Å². The van der Waals surface area contributed by atoms with Crippen LogP contribution in [0.25, 0.3) is 0 Å². The SMILES string of the molecule is CC.CN=C1NC=C(C)C1=C(C)C. The molecular weight excluding hydrogens is 160 g/mol. The molecule has 1 N–H and O–H groups in total. The van der Waals surface area contributed by atoms with Crippen LogP contribution < -0.4 is 5.32 Å². The summed E-state index contributed by atoms with van der Waals surface area (Å²) >= 11 is 0. The van der Waals surface area contributed by atoms with Crippen LogP contribution in [0.2, 0.25) is 0 Å². The molecule has 2 nitrogen and oxygen atoms in total. The average molecular weight is 180 g/mol. The number of rotatable bonds is 0. The van der Waals surface area contributed by atoms with E-state index in [1.807, 2.05) is 20.0 Å². The zero-order chi connectivity index (χ0) is 10.4. The van der Waals surface area contributed by atoms with Gasteiger partial charge in [-0.25, -0.2) is 0 Å². The van der Waals surface area contributed by atoms with Crippen LogP contribution in [0, 0.1) is 0 Å². The maximum Gasteiger partial charge on any atom is 0.132 e. The molecular formula is C11H20N2. The zero-order valence-corrected chi connectivity index (χ0v) is 9.52.